The van der Waals surface area contributed by atoms with Gasteiger partial charge in [0.1, 0.15) is 17.9 Å². The number of Topliss-reactive ketones (excluding diaryl/α,β-unsaturated/α-hetero) is 1. The fourth-order valence-corrected chi connectivity index (χ4v) is 3.16. The third-order valence-electron chi connectivity index (χ3n) is 4.76. The number of rotatable bonds is 6. The number of nitrogens with zero attached hydrogens (tertiary/aromatic N) is 3. The number of aliphatic imine (C=N–C) groups is 1. The van der Waals surface area contributed by atoms with Crippen LogP contribution < -0.4 is 15.8 Å². The first-order chi connectivity index (χ1) is 13.7. The zero-order valence-corrected chi connectivity index (χ0v) is 15.7. The average molecular weight is 403 g/mol. The van der Waals surface area contributed by atoms with Crippen LogP contribution >= 0.6 is 0 Å². The van der Waals surface area contributed by atoms with Crippen molar-refractivity contribution in [1.82, 2.24) is 15.3 Å². The molecule has 1 aliphatic rings. The first kappa shape index (κ1) is 20.3. The topological polar surface area (TPSA) is 120 Å². The zero-order valence-electron chi connectivity index (χ0n) is 15.7. The summed E-state index contributed by atoms with van der Waals surface area (Å²) in [5.41, 5.74) is 5.46. The summed E-state index contributed by atoms with van der Waals surface area (Å²) >= 11 is 0. The van der Waals surface area contributed by atoms with Gasteiger partial charge in [0.05, 0.1) is 18.0 Å². The van der Waals surface area contributed by atoms with Crippen molar-refractivity contribution in [1.29, 1.82) is 0 Å². The normalized spacial score (nSPS) is 21.2. The molecule has 8 nitrogen and oxygen atoms in total. The van der Waals surface area contributed by atoms with Crippen LogP contribution in [0.5, 0.6) is 5.75 Å². The summed E-state index contributed by atoms with van der Waals surface area (Å²) in [6, 6.07) is 4.34. The van der Waals surface area contributed by atoms with Gasteiger partial charge in [-0.15, -0.1) is 0 Å². The molecule has 3 rings (SSSR count). The highest BCUT2D eigenvalue weighted by atomic mass is 19.3. The first-order valence-corrected chi connectivity index (χ1v) is 8.73. The van der Waals surface area contributed by atoms with Crippen LogP contribution in [0.3, 0.4) is 0 Å². The molecule has 0 fully saturated rings. The monoisotopic (exact) mass is 403 g/mol. The fraction of sp³-hybridized carbons (Fsp3) is 0.316. The van der Waals surface area contributed by atoms with Crippen LogP contribution in [-0.2, 0) is 10.3 Å². The summed E-state index contributed by atoms with van der Waals surface area (Å²) in [4.78, 5) is 37.4. The third-order valence-corrected chi connectivity index (χ3v) is 4.76. The molecule has 2 aromatic rings. The number of ether oxygens (including phenoxy) is 1. The van der Waals surface area contributed by atoms with E-state index in [0.717, 1.165) is 0 Å². The predicted molar refractivity (Wildman–Crippen MR) is 99.6 cm³/mol. The fourth-order valence-electron chi connectivity index (χ4n) is 3.16. The number of benzene rings is 1. The Bertz CT molecular complexity index is 968. The van der Waals surface area contributed by atoms with Gasteiger partial charge in [0.25, 0.3) is 5.91 Å². The number of amidine groups is 1. The second-order valence-electron chi connectivity index (χ2n) is 6.65. The predicted octanol–water partition coefficient (Wildman–Crippen LogP) is 1.59. The summed E-state index contributed by atoms with van der Waals surface area (Å²) in [6.07, 6.45) is 3.97. The molecule has 0 radical (unpaired) electrons. The number of alkyl halides is 2. The Labute approximate surface area is 165 Å². The second-order valence-corrected chi connectivity index (χ2v) is 6.65. The Balaban J connectivity index is 1.95. The number of carbonyl (C=O) groups is 2. The van der Waals surface area contributed by atoms with Crippen molar-refractivity contribution in [3.05, 3.63) is 53.6 Å². The number of ketones is 1. The molecule has 2 atom stereocenters. The lowest BCUT2D eigenvalue weighted by atomic mass is 9.83. The largest absolute Gasteiger partial charge is 0.435 e. The van der Waals surface area contributed by atoms with Gasteiger partial charge in [-0.2, -0.15) is 8.78 Å². The lowest BCUT2D eigenvalue weighted by Gasteiger charge is -2.27. The number of nitrogens with one attached hydrogen (secondary N) is 1. The summed E-state index contributed by atoms with van der Waals surface area (Å²) in [5.74, 6) is -1.32. The Hall–Kier alpha value is -3.43. The van der Waals surface area contributed by atoms with E-state index in [-0.39, 0.29) is 29.5 Å². The highest BCUT2D eigenvalue weighted by Crippen LogP contribution is 2.37. The van der Waals surface area contributed by atoms with Crippen molar-refractivity contribution < 1.29 is 23.1 Å². The van der Waals surface area contributed by atoms with Gasteiger partial charge in [-0.1, -0.05) is 6.07 Å². The van der Waals surface area contributed by atoms with Crippen molar-refractivity contribution in [2.45, 2.75) is 26.0 Å². The molecule has 3 N–H and O–H groups in total. The standard InChI is InChI=1S/C19H19F2N5O3/c1-10-5-13(3-4-14(10)29-18(20)21)19(15(27)11(2)16(22)26-19)8-25-17(28)12-6-23-9-24-7-12/h3-7,9,11,18H,8H2,1-2H3,(H2,22,26)(H,25,28). The number of amides is 1. The average Bonchev–Trinajstić information content (AvgIpc) is 2.92. The van der Waals surface area contributed by atoms with Crippen molar-refractivity contribution in [2.75, 3.05) is 6.54 Å². The van der Waals surface area contributed by atoms with Gasteiger partial charge >= 0.3 is 6.61 Å². The summed E-state index contributed by atoms with van der Waals surface area (Å²) in [6.45, 7) is 0.0588. The molecule has 29 heavy (non-hydrogen) atoms. The number of carbonyl (C=O) groups excluding carboxylic acids is 2. The van der Waals surface area contributed by atoms with Crippen LogP contribution in [-0.4, -0.2) is 40.7 Å². The quantitative estimate of drug-likeness (QED) is 0.756. The maximum atomic E-state index is 13.0. The molecule has 2 unspecified atom stereocenters. The van der Waals surface area contributed by atoms with E-state index in [1.807, 2.05) is 0 Å². The molecule has 2 heterocycles. The van der Waals surface area contributed by atoms with Crippen LogP contribution in [0.4, 0.5) is 8.78 Å². The number of hydrogen-bond donors (Lipinski definition) is 2. The molecule has 0 saturated heterocycles. The minimum atomic E-state index is -2.97. The van der Waals surface area contributed by atoms with Crippen LogP contribution in [0.2, 0.25) is 0 Å². The molecule has 1 aromatic carbocycles. The van der Waals surface area contributed by atoms with E-state index in [1.165, 1.54) is 36.9 Å². The van der Waals surface area contributed by atoms with Crippen molar-refractivity contribution in [2.24, 2.45) is 16.6 Å². The van der Waals surface area contributed by atoms with Crippen molar-refractivity contribution >= 4 is 17.5 Å². The Morgan fingerprint density at radius 2 is 2.03 bits per heavy atom. The Morgan fingerprint density at radius 3 is 2.59 bits per heavy atom. The smallest absolute Gasteiger partial charge is 0.387 e. The van der Waals surface area contributed by atoms with E-state index in [4.69, 9.17) is 5.73 Å². The van der Waals surface area contributed by atoms with Gasteiger partial charge in [-0.25, -0.2) is 9.97 Å². The third kappa shape index (κ3) is 3.91. The number of aryl methyl sites for hydroxylation is 1. The van der Waals surface area contributed by atoms with Crippen LogP contribution in [0.15, 0.2) is 41.9 Å². The number of hydrogen-bond acceptors (Lipinski definition) is 7. The minimum absolute atomic E-state index is 0.0141. The number of halogens is 2. The lowest BCUT2D eigenvalue weighted by molar-refractivity contribution is -0.124. The molecular formula is C19H19F2N5O3. The first-order valence-electron chi connectivity index (χ1n) is 8.73. The Kier molecular flexibility index (Phi) is 5.53. The SMILES string of the molecule is Cc1cc(C2(CNC(=O)c3cncnc3)N=C(N)C(C)C2=O)ccc1OC(F)F. The molecule has 0 aliphatic carbocycles. The van der Waals surface area contributed by atoms with E-state index in [0.29, 0.717) is 11.1 Å². The van der Waals surface area contributed by atoms with Crippen molar-refractivity contribution in [3.63, 3.8) is 0 Å². The molecule has 1 aliphatic heterocycles. The minimum Gasteiger partial charge on any atom is -0.435 e. The molecule has 10 heteroatoms. The highest BCUT2D eigenvalue weighted by molar-refractivity contribution is 6.13. The van der Waals surface area contributed by atoms with Gasteiger partial charge < -0.3 is 15.8 Å². The van der Waals surface area contributed by atoms with Crippen molar-refractivity contribution in [3.8, 4) is 5.75 Å². The number of nitrogens with two attached hydrogens (primary N) is 1. The van der Waals surface area contributed by atoms with Crippen LogP contribution in [0, 0.1) is 12.8 Å². The molecule has 1 aromatic heterocycles. The van der Waals surface area contributed by atoms with Gasteiger partial charge in [-0.05, 0) is 37.1 Å². The Morgan fingerprint density at radius 1 is 1.34 bits per heavy atom. The summed E-state index contributed by atoms with van der Waals surface area (Å²) in [5, 5.41) is 2.66. The van der Waals surface area contributed by atoms with E-state index in [2.05, 4.69) is 25.0 Å². The summed E-state index contributed by atoms with van der Waals surface area (Å²) in [7, 11) is 0. The highest BCUT2D eigenvalue weighted by Gasteiger charge is 2.48. The maximum absolute atomic E-state index is 13.0. The lowest BCUT2D eigenvalue weighted by Crippen LogP contribution is -2.44. The van der Waals surface area contributed by atoms with Gasteiger partial charge in [0, 0.05) is 12.4 Å². The number of aromatic nitrogens is 2. The maximum Gasteiger partial charge on any atom is 0.387 e. The molecule has 0 spiro atoms. The van der Waals surface area contributed by atoms with E-state index in [9.17, 15) is 18.4 Å². The second kappa shape index (κ2) is 7.90. The molecule has 0 saturated carbocycles. The van der Waals surface area contributed by atoms with Crippen LogP contribution in [0.1, 0.15) is 28.4 Å². The van der Waals surface area contributed by atoms with Gasteiger partial charge in [0.2, 0.25) is 0 Å². The van der Waals surface area contributed by atoms with E-state index in [1.54, 1.807) is 13.8 Å². The van der Waals surface area contributed by atoms with Gasteiger partial charge in [0.15, 0.2) is 11.3 Å². The molecule has 0 bridgehead atoms. The molecule has 1 amide bonds. The zero-order chi connectivity index (χ0) is 21.2. The van der Waals surface area contributed by atoms with E-state index >= 15 is 0 Å². The van der Waals surface area contributed by atoms with Crippen LogP contribution in [0.25, 0.3) is 0 Å². The van der Waals surface area contributed by atoms with Gasteiger partial charge in [-0.3, -0.25) is 14.6 Å². The summed E-state index contributed by atoms with van der Waals surface area (Å²) < 4.78 is 29.5. The van der Waals surface area contributed by atoms with E-state index < -0.39 is 24.0 Å². The molecular weight excluding hydrogens is 384 g/mol. The molecule has 152 valence electrons.